The van der Waals surface area contributed by atoms with Crippen LogP contribution < -0.4 is 5.32 Å². The van der Waals surface area contributed by atoms with Crippen LogP contribution in [0.5, 0.6) is 0 Å². The van der Waals surface area contributed by atoms with Crippen molar-refractivity contribution >= 4 is 15.9 Å². The standard InChI is InChI=1S/C22H33F2N3O3S/c1-15-10-16(2)13-26(12-15)14-17(3)25-22(28)18-6-8-27(9-7-18)31(29,30)21-11-19(23)4-5-20(21)24/h4-5,11,15-18H,6-10,12-14H2,1-3H3,(H,25,28). The van der Waals surface area contributed by atoms with Gasteiger partial charge in [-0.1, -0.05) is 13.8 Å². The molecule has 0 radical (unpaired) electrons. The summed E-state index contributed by atoms with van der Waals surface area (Å²) in [5, 5.41) is 3.07. The molecule has 0 aliphatic carbocycles. The molecule has 3 rings (SSSR count). The number of likely N-dealkylation sites (tertiary alicyclic amines) is 1. The zero-order chi connectivity index (χ0) is 22.8. The molecule has 0 saturated carbocycles. The number of nitrogens with one attached hydrogen (secondary N) is 1. The molecule has 1 aromatic carbocycles. The molecule has 2 fully saturated rings. The molecule has 3 unspecified atom stereocenters. The number of hydrogen-bond donors (Lipinski definition) is 1. The maximum atomic E-state index is 14.0. The Bertz CT molecular complexity index is 878. The van der Waals surface area contributed by atoms with Crippen molar-refractivity contribution in [2.75, 3.05) is 32.7 Å². The van der Waals surface area contributed by atoms with Crippen molar-refractivity contribution < 1.29 is 22.0 Å². The van der Waals surface area contributed by atoms with Crippen molar-refractivity contribution in [1.29, 1.82) is 0 Å². The number of nitrogens with zero attached hydrogens (tertiary/aromatic N) is 2. The van der Waals surface area contributed by atoms with E-state index < -0.39 is 26.6 Å². The van der Waals surface area contributed by atoms with Crippen molar-refractivity contribution in [1.82, 2.24) is 14.5 Å². The average Bonchev–Trinajstić information content (AvgIpc) is 2.69. The van der Waals surface area contributed by atoms with Crippen LogP contribution in [-0.2, 0) is 14.8 Å². The normalized spacial score (nSPS) is 25.3. The molecule has 174 valence electrons. The molecule has 0 aromatic heterocycles. The first kappa shape index (κ1) is 24.1. The fourth-order valence-electron chi connectivity index (χ4n) is 4.91. The third-order valence-corrected chi connectivity index (χ3v) is 8.11. The summed E-state index contributed by atoms with van der Waals surface area (Å²) in [6, 6.07) is 2.41. The fraction of sp³-hybridized carbons (Fsp3) is 0.682. The van der Waals surface area contributed by atoms with Gasteiger partial charge in [0.05, 0.1) is 0 Å². The summed E-state index contributed by atoms with van der Waals surface area (Å²) in [5.74, 6) is -0.830. The molecule has 1 amide bonds. The fourth-order valence-corrected chi connectivity index (χ4v) is 6.45. The predicted molar refractivity (Wildman–Crippen MR) is 115 cm³/mol. The van der Waals surface area contributed by atoms with Crippen molar-refractivity contribution in [3.05, 3.63) is 29.8 Å². The molecule has 31 heavy (non-hydrogen) atoms. The quantitative estimate of drug-likeness (QED) is 0.713. The summed E-state index contributed by atoms with van der Waals surface area (Å²) >= 11 is 0. The largest absolute Gasteiger partial charge is 0.352 e. The van der Waals surface area contributed by atoms with E-state index in [2.05, 4.69) is 24.1 Å². The summed E-state index contributed by atoms with van der Waals surface area (Å²) in [6.07, 6.45) is 1.94. The Morgan fingerprint density at radius 2 is 1.77 bits per heavy atom. The molecule has 0 spiro atoms. The monoisotopic (exact) mass is 457 g/mol. The molecule has 2 aliphatic heterocycles. The molecular weight excluding hydrogens is 424 g/mol. The molecule has 2 saturated heterocycles. The van der Waals surface area contributed by atoms with E-state index in [9.17, 15) is 22.0 Å². The van der Waals surface area contributed by atoms with E-state index in [4.69, 9.17) is 0 Å². The van der Waals surface area contributed by atoms with Crippen LogP contribution in [0.2, 0.25) is 0 Å². The highest BCUT2D eigenvalue weighted by Crippen LogP contribution is 2.26. The summed E-state index contributed by atoms with van der Waals surface area (Å²) < 4.78 is 53.9. The number of hydrogen-bond acceptors (Lipinski definition) is 4. The SMILES string of the molecule is CC1CC(C)CN(CC(C)NC(=O)C2CCN(S(=O)(=O)c3cc(F)ccc3F)CC2)C1. The molecule has 1 aromatic rings. The second-order valence-corrected chi connectivity index (χ2v) is 11.2. The van der Waals surface area contributed by atoms with E-state index in [1.807, 2.05) is 6.92 Å². The average molecular weight is 458 g/mol. The predicted octanol–water partition coefficient (Wildman–Crippen LogP) is 2.85. The van der Waals surface area contributed by atoms with E-state index in [1.165, 1.54) is 6.42 Å². The highest BCUT2D eigenvalue weighted by molar-refractivity contribution is 7.89. The summed E-state index contributed by atoms with van der Waals surface area (Å²) in [6.45, 7) is 9.58. The van der Waals surface area contributed by atoms with E-state index in [1.54, 1.807) is 0 Å². The number of benzene rings is 1. The van der Waals surface area contributed by atoms with Crippen LogP contribution in [0.4, 0.5) is 8.78 Å². The molecule has 1 N–H and O–H groups in total. The first-order valence-corrected chi connectivity index (χ1v) is 12.5. The van der Waals surface area contributed by atoms with Crippen LogP contribution >= 0.6 is 0 Å². The van der Waals surface area contributed by atoms with Gasteiger partial charge in [0.2, 0.25) is 15.9 Å². The molecule has 0 bridgehead atoms. The summed E-state index contributed by atoms with van der Waals surface area (Å²) in [5.41, 5.74) is 0. The van der Waals surface area contributed by atoms with Gasteiger partial charge in [-0.3, -0.25) is 4.79 Å². The van der Waals surface area contributed by atoms with Crippen molar-refractivity contribution in [2.45, 2.75) is 51.0 Å². The van der Waals surface area contributed by atoms with Gasteiger partial charge in [0.25, 0.3) is 0 Å². The van der Waals surface area contributed by atoms with Crippen molar-refractivity contribution in [3.63, 3.8) is 0 Å². The third kappa shape index (κ3) is 6.02. The number of sulfonamides is 1. The van der Waals surface area contributed by atoms with Crippen LogP contribution in [0.15, 0.2) is 23.1 Å². The lowest BCUT2D eigenvalue weighted by atomic mass is 9.91. The smallest absolute Gasteiger partial charge is 0.246 e. The van der Waals surface area contributed by atoms with Gasteiger partial charge in [-0.25, -0.2) is 17.2 Å². The zero-order valence-electron chi connectivity index (χ0n) is 18.5. The van der Waals surface area contributed by atoms with Crippen LogP contribution in [0, 0.1) is 29.4 Å². The number of piperidine rings is 2. The number of carbonyl (C=O) groups excluding carboxylic acids is 1. The third-order valence-electron chi connectivity index (χ3n) is 6.20. The minimum Gasteiger partial charge on any atom is -0.352 e. The highest BCUT2D eigenvalue weighted by atomic mass is 32.2. The van der Waals surface area contributed by atoms with Gasteiger partial charge in [0.15, 0.2) is 0 Å². The maximum absolute atomic E-state index is 14.0. The summed E-state index contributed by atoms with van der Waals surface area (Å²) in [7, 11) is -4.14. The highest BCUT2D eigenvalue weighted by Gasteiger charge is 2.34. The second-order valence-electron chi connectivity index (χ2n) is 9.33. The van der Waals surface area contributed by atoms with Crippen molar-refractivity contribution in [3.8, 4) is 0 Å². The van der Waals surface area contributed by atoms with E-state index in [0.717, 1.165) is 36.1 Å². The minimum atomic E-state index is -4.14. The topological polar surface area (TPSA) is 69.7 Å². The van der Waals surface area contributed by atoms with Gasteiger partial charge >= 0.3 is 0 Å². The Balaban J connectivity index is 1.52. The Hall–Kier alpha value is -1.58. The van der Waals surface area contributed by atoms with Gasteiger partial charge in [-0.05, 0) is 56.2 Å². The van der Waals surface area contributed by atoms with Crippen LogP contribution in [0.3, 0.4) is 0 Å². The molecule has 6 nitrogen and oxygen atoms in total. The van der Waals surface area contributed by atoms with E-state index >= 15 is 0 Å². The minimum absolute atomic E-state index is 0.00755. The lowest BCUT2D eigenvalue weighted by Crippen LogP contribution is -2.49. The Morgan fingerprint density at radius 1 is 1.16 bits per heavy atom. The molecular formula is C22H33F2N3O3S. The maximum Gasteiger partial charge on any atom is 0.246 e. The van der Waals surface area contributed by atoms with Crippen LogP contribution in [-0.4, -0.2) is 62.3 Å². The van der Waals surface area contributed by atoms with E-state index in [0.29, 0.717) is 30.7 Å². The summed E-state index contributed by atoms with van der Waals surface area (Å²) in [4.78, 5) is 14.4. The molecule has 2 aliphatic rings. The Kier molecular flexibility index (Phi) is 7.70. The first-order valence-electron chi connectivity index (χ1n) is 11.0. The molecule has 9 heteroatoms. The molecule has 2 heterocycles. The number of carbonyl (C=O) groups is 1. The van der Waals surface area contributed by atoms with Gasteiger partial charge < -0.3 is 10.2 Å². The zero-order valence-corrected chi connectivity index (χ0v) is 19.3. The van der Waals surface area contributed by atoms with Gasteiger partial charge in [0.1, 0.15) is 16.5 Å². The Labute approximate surface area is 184 Å². The van der Waals surface area contributed by atoms with E-state index in [-0.39, 0.29) is 31.0 Å². The molecule has 3 atom stereocenters. The first-order chi connectivity index (χ1) is 14.6. The van der Waals surface area contributed by atoms with Crippen molar-refractivity contribution in [2.24, 2.45) is 17.8 Å². The van der Waals surface area contributed by atoms with Gasteiger partial charge in [0, 0.05) is 44.7 Å². The number of rotatable bonds is 6. The number of amides is 1. The van der Waals surface area contributed by atoms with Crippen LogP contribution in [0.25, 0.3) is 0 Å². The van der Waals surface area contributed by atoms with Gasteiger partial charge in [-0.15, -0.1) is 0 Å². The lowest BCUT2D eigenvalue weighted by Gasteiger charge is -2.37. The second kappa shape index (κ2) is 9.92. The number of halogens is 2. The lowest BCUT2D eigenvalue weighted by molar-refractivity contribution is -0.126. The Morgan fingerprint density at radius 3 is 2.39 bits per heavy atom. The van der Waals surface area contributed by atoms with Crippen LogP contribution in [0.1, 0.15) is 40.0 Å². The van der Waals surface area contributed by atoms with Gasteiger partial charge in [-0.2, -0.15) is 4.31 Å².